The average Bonchev–Trinajstić information content (AvgIpc) is 3.42. The molecule has 1 aliphatic heterocycles. The molecule has 1 unspecified atom stereocenters. The van der Waals surface area contributed by atoms with Crippen LogP contribution >= 0.6 is 35.3 Å². The van der Waals surface area contributed by atoms with E-state index in [-0.39, 0.29) is 24.0 Å². The second-order valence-electron chi connectivity index (χ2n) is 8.11. The third-order valence-corrected chi connectivity index (χ3v) is 6.28. The van der Waals surface area contributed by atoms with Crippen molar-refractivity contribution in [2.75, 3.05) is 32.9 Å². The van der Waals surface area contributed by atoms with Crippen LogP contribution in [0.15, 0.2) is 28.6 Å². The number of aryl methyl sites for hydroxylation is 3. The highest BCUT2D eigenvalue weighted by molar-refractivity contribution is 14.0. The molecule has 0 spiro atoms. The number of benzene rings is 1. The average molecular weight is 573 g/mol. The van der Waals surface area contributed by atoms with Gasteiger partial charge >= 0.3 is 0 Å². The van der Waals surface area contributed by atoms with Crippen LogP contribution < -0.4 is 15.4 Å². The van der Waals surface area contributed by atoms with Crippen LogP contribution in [0.5, 0.6) is 5.75 Å². The lowest BCUT2D eigenvalue weighted by molar-refractivity contribution is 0.166. The first-order chi connectivity index (χ1) is 15.1. The van der Waals surface area contributed by atoms with Gasteiger partial charge in [0.2, 0.25) is 0 Å². The summed E-state index contributed by atoms with van der Waals surface area (Å²) >= 11 is 1.76. The third-order valence-electron chi connectivity index (χ3n) is 5.25. The van der Waals surface area contributed by atoms with E-state index in [0.717, 1.165) is 75.0 Å². The molecule has 1 aromatic heterocycles. The van der Waals surface area contributed by atoms with Crippen LogP contribution in [0.25, 0.3) is 0 Å². The summed E-state index contributed by atoms with van der Waals surface area (Å²) in [6.07, 6.45) is 4.34. The van der Waals surface area contributed by atoms with E-state index < -0.39 is 0 Å². The zero-order valence-electron chi connectivity index (χ0n) is 19.5. The molecule has 0 aliphatic carbocycles. The number of halogens is 1. The summed E-state index contributed by atoms with van der Waals surface area (Å²) in [5.41, 5.74) is 3.43. The van der Waals surface area contributed by atoms with Crippen molar-refractivity contribution in [1.82, 2.24) is 15.6 Å². The fraction of sp³-hybridized carbons (Fsp3) is 0.583. The Balaban J connectivity index is 0.00000363. The number of nitrogens with zero attached hydrogens (tertiary/aromatic N) is 2. The van der Waals surface area contributed by atoms with Crippen molar-refractivity contribution in [3.05, 3.63) is 45.4 Å². The first kappa shape index (κ1) is 26.9. The van der Waals surface area contributed by atoms with E-state index >= 15 is 0 Å². The summed E-state index contributed by atoms with van der Waals surface area (Å²) < 4.78 is 11.6. The molecule has 0 saturated carbocycles. The lowest BCUT2D eigenvalue weighted by Gasteiger charge is -2.15. The number of nitrogens with one attached hydrogen (secondary N) is 2. The standard InChI is InChI=1S/C24H36N4O2S.HI/c1-4-25-24(26-11-6-5-7-23-28-19(3)17-31-23)27-14-21-9-8-18(2)13-22(21)30-16-20-10-12-29-15-20;/h8-9,13,17,20H,4-7,10-12,14-16H2,1-3H3,(H2,25,26,27);1H. The van der Waals surface area contributed by atoms with Gasteiger partial charge in [0, 0.05) is 42.3 Å². The minimum absolute atomic E-state index is 0. The zero-order valence-corrected chi connectivity index (χ0v) is 22.6. The second-order valence-corrected chi connectivity index (χ2v) is 9.06. The number of hydrogen-bond acceptors (Lipinski definition) is 5. The predicted octanol–water partition coefficient (Wildman–Crippen LogP) is 4.87. The lowest BCUT2D eigenvalue weighted by atomic mass is 10.1. The number of aromatic nitrogens is 1. The van der Waals surface area contributed by atoms with Gasteiger partial charge in [0.15, 0.2) is 5.96 Å². The van der Waals surface area contributed by atoms with Crippen molar-refractivity contribution < 1.29 is 9.47 Å². The normalized spacial score (nSPS) is 16.0. The predicted molar refractivity (Wildman–Crippen MR) is 144 cm³/mol. The molecule has 178 valence electrons. The van der Waals surface area contributed by atoms with Crippen LogP contribution in [0, 0.1) is 19.8 Å². The Morgan fingerprint density at radius 1 is 1.28 bits per heavy atom. The highest BCUT2D eigenvalue weighted by Gasteiger charge is 2.17. The highest BCUT2D eigenvalue weighted by Crippen LogP contribution is 2.23. The molecule has 32 heavy (non-hydrogen) atoms. The molecule has 1 aliphatic rings. The minimum Gasteiger partial charge on any atom is -0.493 e. The van der Waals surface area contributed by atoms with Crippen molar-refractivity contribution >= 4 is 41.3 Å². The van der Waals surface area contributed by atoms with Crippen LogP contribution in [0.1, 0.15) is 48.0 Å². The molecular weight excluding hydrogens is 535 g/mol. The Kier molecular flexibility index (Phi) is 12.3. The van der Waals surface area contributed by atoms with E-state index in [1.165, 1.54) is 10.6 Å². The van der Waals surface area contributed by atoms with Crippen LogP contribution in [0.2, 0.25) is 0 Å². The van der Waals surface area contributed by atoms with E-state index in [1.807, 2.05) is 6.92 Å². The quantitative estimate of drug-likeness (QED) is 0.174. The number of hydrogen-bond donors (Lipinski definition) is 2. The molecule has 1 aromatic carbocycles. The minimum atomic E-state index is 0. The molecule has 1 atom stereocenters. The largest absolute Gasteiger partial charge is 0.493 e. The number of unbranched alkanes of at least 4 members (excludes halogenated alkanes) is 1. The Labute approximate surface area is 213 Å². The van der Waals surface area contributed by atoms with Crippen LogP contribution in [0.3, 0.4) is 0 Å². The maximum absolute atomic E-state index is 6.16. The molecule has 2 heterocycles. The second kappa shape index (κ2) is 14.7. The van der Waals surface area contributed by atoms with Crippen molar-refractivity contribution in [1.29, 1.82) is 0 Å². The number of ether oxygens (including phenoxy) is 2. The van der Waals surface area contributed by atoms with Gasteiger partial charge in [-0.05, 0) is 58.1 Å². The summed E-state index contributed by atoms with van der Waals surface area (Å²) in [4.78, 5) is 9.33. The molecular formula is C24H37IN4O2S. The van der Waals surface area contributed by atoms with E-state index in [9.17, 15) is 0 Å². The molecule has 2 aromatic rings. The van der Waals surface area contributed by atoms with Gasteiger partial charge in [-0.2, -0.15) is 0 Å². The summed E-state index contributed by atoms with van der Waals surface area (Å²) in [7, 11) is 0. The van der Waals surface area contributed by atoms with Crippen molar-refractivity contribution in [2.45, 2.75) is 53.0 Å². The molecule has 2 N–H and O–H groups in total. The first-order valence-electron chi connectivity index (χ1n) is 11.4. The molecule has 8 heteroatoms. The third kappa shape index (κ3) is 9.23. The lowest BCUT2D eigenvalue weighted by Crippen LogP contribution is -2.37. The SMILES string of the molecule is CCNC(=NCc1ccc(C)cc1OCC1CCOC1)NCCCCc1nc(C)cs1.I. The molecule has 1 fully saturated rings. The summed E-state index contributed by atoms with van der Waals surface area (Å²) in [5, 5.41) is 10.1. The molecule has 6 nitrogen and oxygen atoms in total. The van der Waals surface area contributed by atoms with Crippen molar-refractivity contribution in [3.63, 3.8) is 0 Å². The summed E-state index contributed by atoms with van der Waals surface area (Å²) in [6.45, 7) is 10.9. The van der Waals surface area contributed by atoms with Crippen molar-refractivity contribution in [3.8, 4) is 5.75 Å². The zero-order chi connectivity index (χ0) is 21.9. The fourth-order valence-electron chi connectivity index (χ4n) is 3.48. The Morgan fingerprint density at radius 3 is 2.88 bits per heavy atom. The van der Waals surface area contributed by atoms with E-state index in [4.69, 9.17) is 14.5 Å². The van der Waals surface area contributed by atoms with Crippen LogP contribution in [-0.2, 0) is 17.7 Å². The van der Waals surface area contributed by atoms with Gasteiger partial charge in [-0.15, -0.1) is 35.3 Å². The Hall–Kier alpha value is -1.39. The van der Waals surface area contributed by atoms with Gasteiger partial charge in [-0.25, -0.2) is 9.98 Å². The number of guanidine groups is 1. The summed E-state index contributed by atoms with van der Waals surface area (Å²) in [5.74, 6) is 2.28. The fourth-order valence-corrected chi connectivity index (χ4v) is 4.30. The molecule has 0 amide bonds. The number of thiazole rings is 1. The molecule has 0 radical (unpaired) electrons. The Morgan fingerprint density at radius 2 is 2.16 bits per heavy atom. The van der Waals surface area contributed by atoms with Gasteiger partial charge in [0.25, 0.3) is 0 Å². The van der Waals surface area contributed by atoms with Crippen LogP contribution in [-0.4, -0.2) is 43.9 Å². The highest BCUT2D eigenvalue weighted by atomic mass is 127. The van der Waals surface area contributed by atoms with E-state index in [2.05, 4.69) is 53.0 Å². The van der Waals surface area contributed by atoms with Gasteiger partial charge < -0.3 is 20.1 Å². The van der Waals surface area contributed by atoms with Crippen LogP contribution in [0.4, 0.5) is 0 Å². The Bertz CT molecular complexity index is 837. The molecule has 0 bridgehead atoms. The molecule has 1 saturated heterocycles. The van der Waals surface area contributed by atoms with Gasteiger partial charge in [0.1, 0.15) is 5.75 Å². The number of aliphatic imine (C=N–C) groups is 1. The number of rotatable bonds is 11. The maximum Gasteiger partial charge on any atom is 0.191 e. The maximum atomic E-state index is 6.16. The van der Waals surface area contributed by atoms with Crippen molar-refractivity contribution in [2.24, 2.45) is 10.9 Å². The van der Waals surface area contributed by atoms with Gasteiger partial charge in [-0.3, -0.25) is 0 Å². The van der Waals surface area contributed by atoms with Gasteiger partial charge in [0.05, 0.1) is 24.8 Å². The topological polar surface area (TPSA) is 67.8 Å². The van der Waals surface area contributed by atoms with E-state index in [1.54, 1.807) is 11.3 Å². The monoisotopic (exact) mass is 572 g/mol. The smallest absolute Gasteiger partial charge is 0.191 e. The van der Waals surface area contributed by atoms with Gasteiger partial charge in [-0.1, -0.05) is 12.1 Å². The summed E-state index contributed by atoms with van der Waals surface area (Å²) in [6, 6.07) is 6.36. The molecule has 3 rings (SSSR count). The van der Waals surface area contributed by atoms with E-state index in [0.29, 0.717) is 19.1 Å². The first-order valence-corrected chi connectivity index (χ1v) is 12.2.